The molecule has 0 saturated heterocycles. The molecular formula is C31H36O5. The summed E-state index contributed by atoms with van der Waals surface area (Å²) in [7, 11) is 0. The Labute approximate surface area is 214 Å². The lowest BCUT2D eigenvalue weighted by atomic mass is 9.97. The summed E-state index contributed by atoms with van der Waals surface area (Å²) < 4.78 is 16.8. The van der Waals surface area contributed by atoms with Crippen LogP contribution in [0.15, 0.2) is 78.9 Å². The lowest BCUT2D eigenvalue weighted by molar-refractivity contribution is -0.139. The number of carbonyl (C=O) groups is 1. The van der Waals surface area contributed by atoms with Crippen LogP contribution in [0.1, 0.15) is 38.7 Å². The van der Waals surface area contributed by atoms with Gasteiger partial charge >= 0.3 is 5.97 Å². The van der Waals surface area contributed by atoms with Crippen molar-refractivity contribution in [3.05, 3.63) is 84.4 Å². The molecule has 0 amide bonds. The van der Waals surface area contributed by atoms with Gasteiger partial charge in [0.2, 0.25) is 0 Å². The second-order valence-corrected chi connectivity index (χ2v) is 8.73. The number of unbranched alkanes of at least 4 members (excludes halogenated alkanes) is 2. The summed E-state index contributed by atoms with van der Waals surface area (Å²) in [5, 5.41) is 8.97. The number of rotatable bonds is 14. The van der Waals surface area contributed by atoms with Crippen LogP contribution in [0, 0.1) is 0 Å². The molecule has 5 nitrogen and oxygen atoms in total. The Kier molecular flexibility index (Phi) is 10.6. The van der Waals surface area contributed by atoms with Gasteiger partial charge in [0, 0.05) is 11.1 Å². The third-order valence-corrected chi connectivity index (χ3v) is 5.79. The second kappa shape index (κ2) is 14.1. The molecule has 0 bridgehead atoms. The number of benzene rings is 3. The van der Waals surface area contributed by atoms with Crippen LogP contribution in [0.5, 0.6) is 11.5 Å². The second-order valence-electron chi connectivity index (χ2n) is 8.73. The Bertz CT molecular complexity index is 1120. The van der Waals surface area contributed by atoms with Gasteiger partial charge in [0.25, 0.3) is 0 Å². The van der Waals surface area contributed by atoms with E-state index in [1.165, 1.54) is 24.8 Å². The average molecular weight is 489 g/mol. The van der Waals surface area contributed by atoms with Gasteiger partial charge in [0.15, 0.2) is 0 Å². The fourth-order valence-corrected chi connectivity index (χ4v) is 3.81. The molecule has 0 aromatic heterocycles. The molecule has 0 unspecified atom stereocenters. The largest absolute Gasteiger partial charge is 0.491 e. The maximum Gasteiger partial charge on any atom is 0.333 e. The standard InChI is InChI=1S/C31H36O5/c1-4-5-6-7-24-8-10-25(11-9-24)27-14-17-29(26-12-15-28(16-13-26)34-19-18-32)30(22-27)35-20-21-36-31(33)23(2)3/h8-17,22,32H,2,4-7,18-21H2,1,3H3. The Morgan fingerprint density at radius 2 is 1.53 bits per heavy atom. The van der Waals surface area contributed by atoms with Gasteiger partial charge in [-0.2, -0.15) is 0 Å². The normalized spacial score (nSPS) is 10.6. The van der Waals surface area contributed by atoms with Crippen molar-refractivity contribution in [1.82, 2.24) is 0 Å². The van der Waals surface area contributed by atoms with Gasteiger partial charge in [0.1, 0.15) is 31.3 Å². The molecule has 5 heteroatoms. The first-order chi connectivity index (χ1) is 17.5. The smallest absolute Gasteiger partial charge is 0.333 e. The minimum Gasteiger partial charge on any atom is -0.491 e. The predicted octanol–water partition coefficient (Wildman–Crippen LogP) is 6.62. The molecule has 0 aliphatic heterocycles. The molecule has 1 N–H and O–H groups in total. The van der Waals surface area contributed by atoms with Gasteiger partial charge in [-0.05, 0) is 60.2 Å². The molecule has 190 valence electrons. The quantitative estimate of drug-likeness (QED) is 0.157. The van der Waals surface area contributed by atoms with Crippen molar-refractivity contribution >= 4 is 5.97 Å². The van der Waals surface area contributed by atoms with Crippen LogP contribution in [0.2, 0.25) is 0 Å². The highest BCUT2D eigenvalue weighted by Crippen LogP contribution is 2.35. The Balaban J connectivity index is 1.81. The van der Waals surface area contributed by atoms with Gasteiger partial charge in [-0.3, -0.25) is 0 Å². The third kappa shape index (κ3) is 7.99. The maximum atomic E-state index is 11.7. The molecule has 3 aromatic rings. The van der Waals surface area contributed by atoms with E-state index in [9.17, 15) is 4.79 Å². The van der Waals surface area contributed by atoms with E-state index in [0.29, 0.717) is 17.1 Å². The summed E-state index contributed by atoms with van der Waals surface area (Å²) in [4.78, 5) is 11.7. The molecule has 0 aliphatic rings. The number of aliphatic hydroxyl groups excluding tert-OH is 1. The van der Waals surface area contributed by atoms with Gasteiger partial charge in [0.05, 0.1) is 6.61 Å². The third-order valence-electron chi connectivity index (χ3n) is 5.79. The van der Waals surface area contributed by atoms with Crippen molar-refractivity contribution in [3.63, 3.8) is 0 Å². The van der Waals surface area contributed by atoms with Crippen molar-refractivity contribution in [3.8, 4) is 33.8 Å². The van der Waals surface area contributed by atoms with Gasteiger partial charge in [-0.15, -0.1) is 0 Å². The molecule has 3 rings (SSSR count). The van der Waals surface area contributed by atoms with Crippen molar-refractivity contribution < 1.29 is 24.1 Å². The fourth-order valence-electron chi connectivity index (χ4n) is 3.81. The molecule has 36 heavy (non-hydrogen) atoms. The molecule has 0 spiro atoms. The lowest BCUT2D eigenvalue weighted by Crippen LogP contribution is -2.12. The number of esters is 1. The average Bonchev–Trinajstić information content (AvgIpc) is 2.90. The van der Waals surface area contributed by atoms with Gasteiger partial charge in [-0.25, -0.2) is 4.79 Å². The zero-order chi connectivity index (χ0) is 25.8. The number of hydrogen-bond acceptors (Lipinski definition) is 5. The van der Waals surface area contributed by atoms with E-state index in [0.717, 1.165) is 28.7 Å². The van der Waals surface area contributed by atoms with E-state index >= 15 is 0 Å². The van der Waals surface area contributed by atoms with Crippen molar-refractivity contribution in [2.24, 2.45) is 0 Å². The number of carbonyl (C=O) groups excluding carboxylic acids is 1. The van der Waals surface area contributed by atoms with E-state index in [2.05, 4.69) is 43.8 Å². The van der Waals surface area contributed by atoms with E-state index in [1.807, 2.05) is 36.4 Å². The van der Waals surface area contributed by atoms with Crippen molar-refractivity contribution in [2.45, 2.75) is 39.5 Å². The fraction of sp³-hybridized carbons (Fsp3) is 0.323. The first kappa shape index (κ1) is 27.0. The first-order valence-electron chi connectivity index (χ1n) is 12.5. The van der Waals surface area contributed by atoms with Gasteiger partial charge in [-0.1, -0.05) is 74.9 Å². The van der Waals surface area contributed by atoms with Crippen LogP contribution < -0.4 is 9.47 Å². The molecule has 0 fully saturated rings. The molecule has 0 atom stereocenters. The lowest BCUT2D eigenvalue weighted by Gasteiger charge is -2.15. The van der Waals surface area contributed by atoms with Crippen LogP contribution in [0.25, 0.3) is 22.3 Å². The van der Waals surface area contributed by atoms with Gasteiger partial charge < -0.3 is 19.3 Å². The molecule has 0 saturated carbocycles. The number of ether oxygens (including phenoxy) is 3. The van der Waals surface area contributed by atoms with Crippen LogP contribution in [0.3, 0.4) is 0 Å². The summed E-state index contributed by atoms with van der Waals surface area (Å²) in [6.45, 7) is 8.02. The van der Waals surface area contributed by atoms with Crippen LogP contribution in [-0.4, -0.2) is 37.5 Å². The van der Waals surface area contributed by atoms with Crippen molar-refractivity contribution in [1.29, 1.82) is 0 Å². The Hall–Kier alpha value is -3.57. The van der Waals surface area contributed by atoms with E-state index < -0.39 is 5.97 Å². The zero-order valence-corrected chi connectivity index (χ0v) is 21.3. The monoisotopic (exact) mass is 488 g/mol. The molecule has 0 heterocycles. The highest BCUT2D eigenvalue weighted by molar-refractivity contribution is 5.86. The van der Waals surface area contributed by atoms with Crippen molar-refractivity contribution in [2.75, 3.05) is 26.4 Å². The Morgan fingerprint density at radius 1 is 0.833 bits per heavy atom. The molecule has 3 aromatic carbocycles. The highest BCUT2D eigenvalue weighted by atomic mass is 16.6. The minimum atomic E-state index is -0.426. The minimum absolute atomic E-state index is 0.0309. The molecule has 0 aliphatic carbocycles. The number of aryl methyl sites for hydroxylation is 1. The number of aliphatic hydroxyl groups is 1. The summed E-state index contributed by atoms with van der Waals surface area (Å²) in [5.74, 6) is 0.970. The predicted molar refractivity (Wildman–Crippen MR) is 144 cm³/mol. The maximum absolute atomic E-state index is 11.7. The zero-order valence-electron chi connectivity index (χ0n) is 21.3. The van der Waals surface area contributed by atoms with E-state index in [4.69, 9.17) is 19.3 Å². The molecule has 0 radical (unpaired) electrons. The van der Waals surface area contributed by atoms with E-state index in [-0.39, 0.29) is 26.4 Å². The highest BCUT2D eigenvalue weighted by Gasteiger charge is 2.11. The van der Waals surface area contributed by atoms with Crippen LogP contribution in [0.4, 0.5) is 0 Å². The Morgan fingerprint density at radius 3 is 2.19 bits per heavy atom. The summed E-state index contributed by atoms with van der Waals surface area (Å²) >= 11 is 0. The van der Waals surface area contributed by atoms with E-state index in [1.54, 1.807) is 6.92 Å². The SMILES string of the molecule is C=C(C)C(=O)OCCOc1cc(-c2ccc(CCCCC)cc2)ccc1-c1ccc(OCCO)cc1. The summed E-state index contributed by atoms with van der Waals surface area (Å²) in [5.41, 5.74) is 5.78. The molecular weight excluding hydrogens is 452 g/mol. The van der Waals surface area contributed by atoms with Crippen LogP contribution in [-0.2, 0) is 16.0 Å². The summed E-state index contributed by atoms with van der Waals surface area (Å²) in [6, 6.07) is 22.5. The number of hydrogen-bond donors (Lipinski definition) is 1. The topological polar surface area (TPSA) is 65.0 Å². The summed E-state index contributed by atoms with van der Waals surface area (Å²) in [6.07, 6.45) is 4.78. The first-order valence-corrected chi connectivity index (χ1v) is 12.5. The van der Waals surface area contributed by atoms with Crippen LogP contribution >= 0.6 is 0 Å².